The van der Waals surface area contributed by atoms with Crippen molar-refractivity contribution in [1.82, 2.24) is 5.32 Å². The van der Waals surface area contributed by atoms with Crippen molar-refractivity contribution < 1.29 is 17.6 Å². The van der Waals surface area contributed by atoms with Gasteiger partial charge >= 0.3 is 0 Å². The van der Waals surface area contributed by atoms with Crippen LogP contribution < -0.4 is 9.62 Å². The molecule has 0 saturated heterocycles. The molecule has 0 aliphatic carbocycles. The van der Waals surface area contributed by atoms with Crippen LogP contribution in [0.3, 0.4) is 0 Å². The number of hydrogen-bond donors (Lipinski definition) is 1. The van der Waals surface area contributed by atoms with E-state index in [-0.39, 0.29) is 19.0 Å². The molecule has 0 unspecified atom stereocenters. The molecule has 3 aromatic rings. The Hall–Kier alpha value is -2.77. The predicted molar refractivity (Wildman–Crippen MR) is 114 cm³/mol. The maximum atomic E-state index is 12.3. The summed E-state index contributed by atoms with van der Waals surface area (Å²) in [4.78, 5) is 12.3. The molecule has 0 bridgehead atoms. The van der Waals surface area contributed by atoms with Crippen molar-refractivity contribution in [1.29, 1.82) is 0 Å². The second-order valence-corrected chi connectivity index (χ2v) is 8.92. The number of furan rings is 1. The molecule has 2 aromatic carbocycles. The van der Waals surface area contributed by atoms with E-state index in [4.69, 9.17) is 16.0 Å². The molecule has 6 nitrogen and oxygen atoms in total. The molecule has 3 rings (SSSR count). The van der Waals surface area contributed by atoms with Gasteiger partial charge in [0.2, 0.25) is 10.0 Å². The summed E-state index contributed by atoms with van der Waals surface area (Å²) in [6.07, 6.45) is 1.13. The first-order valence-corrected chi connectivity index (χ1v) is 11.1. The van der Waals surface area contributed by atoms with Crippen molar-refractivity contribution >= 4 is 33.2 Å². The summed E-state index contributed by atoms with van der Waals surface area (Å²) >= 11 is 6.18. The van der Waals surface area contributed by atoms with E-state index in [9.17, 15) is 13.2 Å². The number of anilines is 1. The van der Waals surface area contributed by atoms with Gasteiger partial charge in [-0.1, -0.05) is 29.8 Å². The summed E-state index contributed by atoms with van der Waals surface area (Å²) < 4.78 is 31.3. The highest BCUT2D eigenvalue weighted by Gasteiger charge is 2.19. The number of nitrogens with zero attached hydrogens (tertiary/aromatic N) is 1. The van der Waals surface area contributed by atoms with Gasteiger partial charge in [-0.2, -0.15) is 0 Å². The largest absolute Gasteiger partial charge is 0.465 e. The van der Waals surface area contributed by atoms with Crippen LogP contribution in [-0.2, 0) is 23.1 Å². The van der Waals surface area contributed by atoms with Gasteiger partial charge in [0.15, 0.2) is 0 Å². The predicted octanol–water partition coefficient (Wildman–Crippen LogP) is 4.14. The first kappa shape index (κ1) is 21.0. The first-order chi connectivity index (χ1) is 13.7. The van der Waals surface area contributed by atoms with E-state index in [2.05, 4.69) is 5.32 Å². The fourth-order valence-corrected chi connectivity index (χ4v) is 3.88. The van der Waals surface area contributed by atoms with Gasteiger partial charge in [-0.25, -0.2) is 8.42 Å². The molecule has 1 amide bonds. The summed E-state index contributed by atoms with van der Waals surface area (Å²) in [6.45, 7) is 2.21. The van der Waals surface area contributed by atoms with Crippen LogP contribution in [0, 0.1) is 6.92 Å². The van der Waals surface area contributed by atoms with Crippen molar-refractivity contribution in [3.8, 4) is 0 Å². The molecule has 0 saturated carbocycles. The third-order valence-electron chi connectivity index (χ3n) is 4.31. The van der Waals surface area contributed by atoms with Crippen LogP contribution in [0.1, 0.15) is 27.4 Å². The third-order valence-corrected chi connectivity index (χ3v) is 5.82. The molecule has 0 fully saturated rings. The number of carbonyl (C=O) groups is 1. The van der Waals surface area contributed by atoms with Gasteiger partial charge in [0.05, 0.1) is 25.0 Å². The lowest BCUT2D eigenvalue weighted by Crippen LogP contribution is -2.29. The zero-order valence-electron chi connectivity index (χ0n) is 16.1. The molecule has 1 heterocycles. The molecule has 0 aliphatic rings. The van der Waals surface area contributed by atoms with E-state index in [0.29, 0.717) is 27.6 Å². The monoisotopic (exact) mass is 432 g/mol. The smallest absolute Gasteiger partial charge is 0.251 e. The zero-order valence-corrected chi connectivity index (χ0v) is 17.6. The normalized spacial score (nSPS) is 11.3. The zero-order chi connectivity index (χ0) is 21.0. The molecular formula is C21H21ClN2O4S. The van der Waals surface area contributed by atoms with Crippen LogP contribution in [0.5, 0.6) is 0 Å². The number of hydrogen-bond acceptors (Lipinski definition) is 4. The minimum Gasteiger partial charge on any atom is -0.465 e. The fraction of sp³-hybridized carbons (Fsp3) is 0.190. The number of amides is 1. The Kier molecular flexibility index (Phi) is 6.30. The Balaban J connectivity index is 1.75. The van der Waals surface area contributed by atoms with Crippen LogP contribution in [-0.4, -0.2) is 20.6 Å². The number of carbonyl (C=O) groups excluding carboxylic acids is 1. The highest BCUT2D eigenvalue weighted by Crippen LogP contribution is 2.24. The van der Waals surface area contributed by atoms with Crippen LogP contribution in [0.15, 0.2) is 65.1 Å². The molecule has 0 atom stereocenters. The number of benzene rings is 2. The Bertz CT molecular complexity index is 1110. The summed E-state index contributed by atoms with van der Waals surface area (Å²) in [5, 5.41) is 3.26. The van der Waals surface area contributed by atoms with Crippen molar-refractivity contribution in [3.05, 3.63) is 88.3 Å². The number of nitrogens with one attached hydrogen (secondary N) is 1. The van der Waals surface area contributed by atoms with E-state index in [1.54, 1.807) is 54.6 Å². The SMILES string of the molecule is Cc1ccc(CNC(=O)c2ccc(N(Cc3ccccc3Cl)S(C)(=O)=O)cc2)o1. The quantitative estimate of drug-likeness (QED) is 0.608. The standard InChI is InChI=1S/C21H21ClN2O4S/c1-15-7-12-19(28-15)13-23-21(25)16-8-10-18(11-9-16)24(29(2,26)27)14-17-5-3-4-6-20(17)22/h3-12H,13-14H2,1-2H3,(H,23,25). The maximum Gasteiger partial charge on any atom is 0.251 e. The van der Waals surface area contributed by atoms with Crippen LogP contribution in [0.4, 0.5) is 5.69 Å². The van der Waals surface area contributed by atoms with E-state index in [0.717, 1.165) is 12.0 Å². The maximum absolute atomic E-state index is 12.3. The van der Waals surface area contributed by atoms with Gasteiger partial charge in [-0.05, 0) is 55.0 Å². The van der Waals surface area contributed by atoms with Crippen LogP contribution >= 0.6 is 11.6 Å². The molecule has 152 valence electrons. The summed E-state index contributed by atoms with van der Waals surface area (Å²) in [6, 6.07) is 17.1. The summed E-state index contributed by atoms with van der Waals surface area (Å²) in [5.74, 6) is 1.16. The molecule has 8 heteroatoms. The third kappa shape index (κ3) is 5.40. The average Bonchev–Trinajstić information content (AvgIpc) is 3.10. The van der Waals surface area contributed by atoms with Gasteiger partial charge in [0, 0.05) is 10.6 Å². The molecule has 29 heavy (non-hydrogen) atoms. The molecule has 1 aromatic heterocycles. The molecule has 0 spiro atoms. The first-order valence-electron chi connectivity index (χ1n) is 8.89. The van der Waals surface area contributed by atoms with Crippen molar-refractivity contribution in [3.63, 3.8) is 0 Å². The van der Waals surface area contributed by atoms with Crippen LogP contribution in [0.2, 0.25) is 5.02 Å². The van der Waals surface area contributed by atoms with Crippen molar-refractivity contribution in [2.75, 3.05) is 10.6 Å². The minimum absolute atomic E-state index is 0.0991. The van der Waals surface area contributed by atoms with Gasteiger partial charge in [0.1, 0.15) is 11.5 Å². The Labute approximate surface area is 175 Å². The Morgan fingerprint density at radius 2 is 1.76 bits per heavy atom. The highest BCUT2D eigenvalue weighted by atomic mass is 35.5. The van der Waals surface area contributed by atoms with Crippen molar-refractivity contribution in [2.45, 2.75) is 20.0 Å². The topological polar surface area (TPSA) is 79.6 Å². The van der Waals surface area contributed by atoms with Crippen LogP contribution in [0.25, 0.3) is 0 Å². The second kappa shape index (κ2) is 8.71. The number of sulfonamides is 1. The highest BCUT2D eigenvalue weighted by molar-refractivity contribution is 7.92. The number of aryl methyl sites for hydroxylation is 1. The van der Waals surface area contributed by atoms with Crippen molar-refractivity contribution in [2.24, 2.45) is 0 Å². The molecule has 0 aliphatic heterocycles. The van der Waals surface area contributed by atoms with Gasteiger partial charge in [0.25, 0.3) is 5.91 Å². The summed E-state index contributed by atoms with van der Waals surface area (Å²) in [7, 11) is -3.55. The summed E-state index contributed by atoms with van der Waals surface area (Å²) in [5.41, 5.74) is 1.56. The van der Waals surface area contributed by atoms with Gasteiger partial charge in [-0.3, -0.25) is 9.10 Å². The van der Waals surface area contributed by atoms with E-state index in [1.807, 2.05) is 13.0 Å². The van der Waals surface area contributed by atoms with E-state index >= 15 is 0 Å². The molecule has 0 radical (unpaired) electrons. The fourth-order valence-electron chi connectivity index (χ4n) is 2.81. The average molecular weight is 433 g/mol. The van der Waals surface area contributed by atoms with Gasteiger partial charge in [-0.15, -0.1) is 0 Å². The minimum atomic E-state index is -3.55. The Morgan fingerprint density at radius 1 is 1.07 bits per heavy atom. The van der Waals surface area contributed by atoms with Gasteiger partial charge < -0.3 is 9.73 Å². The molecule has 1 N–H and O–H groups in total. The lowest BCUT2D eigenvalue weighted by molar-refractivity contribution is 0.0948. The number of halogens is 1. The molecular weight excluding hydrogens is 412 g/mol. The Morgan fingerprint density at radius 3 is 2.34 bits per heavy atom. The van der Waals surface area contributed by atoms with E-state index in [1.165, 1.54) is 4.31 Å². The lowest BCUT2D eigenvalue weighted by Gasteiger charge is -2.23. The lowest BCUT2D eigenvalue weighted by atomic mass is 10.1. The number of rotatable bonds is 7. The second-order valence-electron chi connectivity index (χ2n) is 6.60. The van der Waals surface area contributed by atoms with E-state index < -0.39 is 10.0 Å².